The Morgan fingerprint density at radius 1 is 1.26 bits per heavy atom. The lowest BCUT2D eigenvalue weighted by atomic mass is 9.98. The fourth-order valence-corrected chi connectivity index (χ4v) is 2.65. The Balaban J connectivity index is 1.74. The van der Waals surface area contributed by atoms with Gasteiger partial charge >= 0.3 is 5.97 Å². The van der Waals surface area contributed by atoms with Crippen molar-refractivity contribution in [2.75, 3.05) is 32.8 Å². The van der Waals surface area contributed by atoms with Crippen LogP contribution in [0.4, 0.5) is 0 Å². The standard InChI is InChI=1S/C13H22N2O4/c16-12(9-19-11-3-5-14-6-4-11)15-7-1-2-10(8-15)13(17)18/h10-11,14H,1-9H2,(H,17,18)/t10-/m1/s1. The summed E-state index contributed by atoms with van der Waals surface area (Å²) < 4.78 is 5.62. The summed E-state index contributed by atoms with van der Waals surface area (Å²) in [5, 5.41) is 12.2. The maximum atomic E-state index is 12.0. The van der Waals surface area contributed by atoms with Crippen LogP contribution in [0.25, 0.3) is 0 Å². The van der Waals surface area contributed by atoms with E-state index >= 15 is 0 Å². The molecule has 0 saturated carbocycles. The zero-order valence-corrected chi connectivity index (χ0v) is 11.1. The van der Waals surface area contributed by atoms with Gasteiger partial charge in [0.1, 0.15) is 6.61 Å². The number of aliphatic carboxylic acids is 1. The SMILES string of the molecule is O=C(O)[C@@H]1CCCN(C(=O)COC2CCNCC2)C1. The lowest BCUT2D eigenvalue weighted by Gasteiger charge is -2.31. The molecule has 0 spiro atoms. The van der Waals surface area contributed by atoms with E-state index < -0.39 is 11.9 Å². The van der Waals surface area contributed by atoms with Crippen LogP contribution < -0.4 is 5.32 Å². The van der Waals surface area contributed by atoms with Gasteiger partial charge in [-0.1, -0.05) is 0 Å². The highest BCUT2D eigenvalue weighted by Crippen LogP contribution is 2.17. The van der Waals surface area contributed by atoms with Gasteiger partial charge in [0, 0.05) is 13.1 Å². The Labute approximate surface area is 113 Å². The van der Waals surface area contributed by atoms with Gasteiger partial charge in [0.05, 0.1) is 12.0 Å². The predicted molar refractivity (Wildman–Crippen MR) is 68.8 cm³/mol. The molecule has 6 heteroatoms. The van der Waals surface area contributed by atoms with Gasteiger partial charge in [-0.25, -0.2) is 0 Å². The van der Waals surface area contributed by atoms with Crippen molar-refractivity contribution < 1.29 is 19.4 Å². The normalized spacial score (nSPS) is 25.3. The van der Waals surface area contributed by atoms with Gasteiger partial charge in [-0.15, -0.1) is 0 Å². The number of nitrogens with zero attached hydrogens (tertiary/aromatic N) is 1. The van der Waals surface area contributed by atoms with Gasteiger partial charge in [-0.05, 0) is 38.8 Å². The second-order valence-corrected chi connectivity index (χ2v) is 5.28. The largest absolute Gasteiger partial charge is 0.481 e. The second-order valence-electron chi connectivity index (χ2n) is 5.28. The number of hydrogen-bond acceptors (Lipinski definition) is 4. The number of hydrogen-bond donors (Lipinski definition) is 2. The van der Waals surface area contributed by atoms with Crippen molar-refractivity contribution in [2.45, 2.75) is 31.8 Å². The van der Waals surface area contributed by atoms with Crippen LogP contribution in [0.3, 0.4) is 0 Å². The van der Waals surface area contributed by atoms with Crippen molar-refractivity contribution in [3.8, 4) is 0 Å². The topological polar surface area (TPSA) is 78.9 Å². The number of amides is 1. The fourth-order valence-electron chi connectivity index (χ4n) is 2.65. The maximum absolute atomic E-state index is 12.0. The summed E-state index contributed by atoms with van der Waals surface area (Å²) in [4.78, 5) is 24.6. The first-order valence-corrected chi connectivity index (χ1v) is 6.99. The summed E-state index contributed by atoms with van der Waals surface area (Å²) in [5.41, 5.74) is 0. The van der Waals surface area contributed by atoms with E-state index in [2.05, 4.69) is 5.32 Å². The highest BCUT2D eigenvalue weighted by atomic mass is 16.5. The fraction of sp³-hybridized carbons (Fsp3) is 0.846. The Morgan fingerprint density at radius 2 is 2.00 bits per heavy atom. The lowest BCUT2D eigenvalue weighted by Crippen LogP contribution is -2.44. The van der Waals surface area contributed by atoms with E-state index in [1.807, 2.05) is 0 Å². The third kappa shape index (κ3) is 4.18. The zero-order valence-electron chi connectivity index (χ0n) is 11.1. The number of piperidine rings is 2. The predicted octanol–water partition coefficient (Wildman–Crippen LogP) is 0.0782. The van der Waals surface area contributed by atoms with Crippen molar-refractivity contribution in [3.63, 3.8) is 0 Å². The summed E-state index contributed by atoms with van der Waals surface area (Å²) in [6.45, 7) is 2.92. The molecule has 2 heterocycles. The van der Waals surface area contributed by atoms with E-state index in [-0.39, 0.29) is 18.6 Å². The molecule has 2 aliphatic heterocycles. The van der Waals surface area contributed by atoms with E-state index in [1.165, 1.54) is 0 Å². The van der Waals surface area contributed by atoms with Gasteiger partial charge in [0.15, 0.2) is 0 Å². The van der Waals surface area contributed by atoms with Gasteiger partial charge in [-0.3, -0.25) is 9.59 Å². The summed E-state index contributed by atoms with van der Waals surface area (Å²) in [5.74, 6) is -1.31. The number of ether oxygens (including phenoxy) is 1. The Kier molecular flexibility index (Phi) is 5.15. The minimum Gasteiger partial charge on any atom is -0.481 e. The van der Waals surface area contributed by atoms with Crippen LogP contribution in [-0.4, -0.2) is 60.8 Å². The molecule has 0 unspecified atom stereocenters. The van der Waals surface area contributed by atoms with E-state index in [0.717, 1.165) is 32.4 Å². The van der Waals surface area contributed by atoms with Crippen LogP contribution in [0.1, 0.15) is 25.7 Å². The van der Waals surface area contributed by atoms with E-state index in [4.69, 9.17) is 9.84 Å². The highest BCUT2D eigenvalue weighted by molar-refractivity contribution is 5.79. The van der Waals surface area contributed by atoms with Gasteiger partial charge in [-0.2, -0.15) is 0 Å². The first-order chi connectivity index (χ1) is 9.16. The van der Waals surface area contributed by atoms with Gasteiger partial charge < -0.3 is 20.1 Å². The van der Waals surface area contributed by atoms with Crippen LogP contribution in [0, 0.1) is 5.92 Å². The molecule has 2 rings (SSSR count). The van der Waals surface area contributed by atoms with Crippen LogP contribution >= 0.6 is 0 Å². The molecule has 0 aromatic rings. The summed E-state index contributed by atoms with van der Waals surface area (Å²) in [6.07, 6.45) is 3.45. The van der Waals surface area contributed by atoms with Crippen molar-refractivity contribution in [2.24, 2.45) is 5.92 Å². The molecule has 2 fully saturated rings. The monoisotopic (exact) mass is 270 g/mol. The van der Waals surface area contributed by atoms with Gasteiger partial charge in [0.25, 0.3) is 0 Å². The van der Waals surface area contributed by atoms with E-state index in [1.54, 1.807) is 4.90 Å². The third-order valence-electron chi connectivity index (χ3n) is 3.85. The van der Waals surface area contributed by atoms with Crippen LogP contribution in [-0.2, 0) is 14.3 Å². The molecule has 1 atom stereocenters. The lowest BCUT2D eigenvalue weighted by molar-refractivity contribution is -0.147. The Hall–Kier alpha value is -1.14. The highest BCUT2D eigenvalue weighted by Gasteiger charge is 2.28. The van der Waals surface area contributed by atoms with E-state index in [0.29, 0.717) is 19.5 Å². The first kappa shape index (κ1) is 14.3. The van der Waals surface area contributed by atoms with Crippen molar-refractivity contribution in [3.05, 3.63) is 0 Å². The van der Waals surface area contributed by atoms with Crippen molar-refractivity contribution in [1.82, 2.24) is 10.2 Å². The molecule has 2 aliphatic rings. The number of carboxylic acid groups (broad SMARTS) is 1. The zero-order chi connectivity index (χ0) is 13.7. The third-order valence-corrected chi connectivity index (χ3v) is 3.85. The molecular formula is C13H22N2O4. The number of carbonyl (C=O) groups excluding carboxylic acids is 1. The molecule has 1 amide bonds. The van der Waals surface area contributed by atoms with Crippen LogP contribution in [0.15, 0.2) is 0 Å². The minimum atomic E-state index is -0.809. The molecule has 0 bridgehead atoms. The smallest absolute Gasteiger partial charge is 0.308 e. The van der Waals surface area contributed by atoms with Crippen molar-refractivity contribution >= 4 is 11.9 Å². The average Bonchev–Trinajstić information content (AvgIpc) is 2.46. The molecule has 0 aromatic carbocycles. The second kappa shape index (κ2) is 6.86. The quantitative estimate of drug-likeness (QED) is 0.756. The Bertz CT molecular complexity index is 329. The van der Waals surface area contributed by atoms with Crippen LogP contribution in [0.2, 0.25) is 0 Å². The number of rotatable bonds is 4. The average molecular weight is 270 g/mol. The molecule has 0 radical (unpaired) electrons. The minimum absolute atomic E-state index is 0.0792. The number of carbonyl (C=O) groups is 2. The van der Waals surface area contributed by atoms with E-state index in [9.17, 15) is 9.59 Å². The molecule has 0 aliphatic carbocycles. The summed E-state index contributed by atoms with van der Waals surface area (Å²) >= 11 is 0. The summed E-state index contributed by atoms with van der Waals surface area (Å²) in [6, 6.07) is 0. The van der Waals surface area contributed by atoms with Crippen LogP contribution in [0.5, 0.6) is 0 Å². The number of nitrogens with one attached hydrogen (secondary N) is 1. The molecular weight excluding hydrogens is 248 g/mol. The van der Waals surface area contributed by atoms with Crippen molar-refractivity contribution in [1.29, 1.82) is 0 Å². The first-order valence-electron chi connectivity index (χ1n) is 6.99. The maximum Gasteiger partial charge on any atom is 0.308 e. The molecule has 0 aromatic heterocycles. The molecule has 6 nitrogen and oxygen atoms in total. The molecule has 108 valence electrons. The summed E-state index contributed by atoms with van der Waals surface area (Å²) in [7, 11) is 0. The number of carboxylic acids is 1. The molecule has 2 saturated heterocycles. The molecule has 19 heavy (non-hydrogen) atoms. The number of likely N-dealkylation sites (tertiary alicyclic amines) is 1. The molecule has 2 N–H and O–H groups in total. The van der Waals surface area contributed by atoms with Gasteiger partial charge in [0.2, 0.25) is 5.91 Å². The Morgan fingerprint density at radius 3 is 2.68 bits per heavy atom.